The highest BCUT2D eigenvalue weighted by Gasteiger charge is 2.45. The van der Waals surface area contributed by atoms with Gasteiger partial charge < -0.3 is 34.4 Å². The Hall–Kier alpha value is -2.89. The monoisotopic (exact) mass is 351 g/mol. The zero-order chi connectivity index (χ0) is 18.9. The van der Waals surface area contributed by atoms with Crippen LogP contribution in [0.25, 0.3) is 0 Å². The molecule has 0 aliphatic carbocycles. The van der Waals surface area contributed by atoms with Crippen molar-refractivity contribution in [3.8, 4) is 0 Å². The van der Waals surface area contributed by atoms with Crippen molar-refractivity contribution < 1.29 is 53.5 Å². The number of oxime groups is 1. The minimum atomic E-state index is -1.95. The van der Waals surface area contributed by atoms with Crippen LogP contribution in [-0.4, -0.2) is 77.2 Å². The lowest BCUT2D eigenvalue weighted by atomic mass is 10.0. The molecule has 0 fully saturated rings. The van der Waals surface area contributed by atoms with Gasteiger partial charge in [0.05, 0.1) is 13.7 Å². The fourth-order valence-electron chi connectivity index (χ4n) is 1.63. The lowest BCUT2D eigenvalue weighted by molar-refractivity contribution is -0.184. The number of carbonyl (C=O) groups is 4. The number of carbonyl (C=O) groups excluding carboxylic acids is 3. The Morgan fingerprint density at radius 2 is 1.54 bits per heavy atom. The maximum absolute atomic E-state index is 11.8. The fraction of sp³-hybridized carbons (Fsp3) is 0.583. The summed E-state index contributed by atoms with van der Waals surface area (Å²) >= 11 is 0. The van der Waals surface area contributed by atoms with Crippen molar-refractivity contribution in [3.05, 3.63) is 0 Å². The molecule has 0 aromatic heterocycles. The van der Waals surface area contributed by atoms with Gasteiger partial charge in [-0.15, -0.1) is 0 Å². The lowest BCUT2D eigenvalue weighted by Crippen LogP contribution is -2.52. The first kappa shape index (κ1) is 21.1. The van der Waals surface area contributed by atoms with Gasteiger partial charge in [0.15, 0.2) is 12.2 Å². The van der Waals surface area contributed by atoms with Gasteiger partial charge in [-0.1, -0.05) is 5.16 Å². The molecule has 0 rings (SSSR count). The maximum Gasteiger partial charge on any atom is 0.506 e. The zero-order valence-corrected chi connectivity index (χ0v) is 13.0. The summed E-state index contributed by atoms with van der Waals surface area (Å²) < 4.78 is 18.3. The third kappa shape index (κ3) is 6.48. The van der Waals surface area contributed by atoms with Crippen LogP contribution in [0.3, 0.4) is 0 Å². The summed E-state index contributed by atoms with van der Waals surface area (Å²) in [5.41, 5.74) is -0.704. The maximum atomic E-state index is 11.8. The Bertz CT molecular complexity index is 515. The Balaban J connectivity index is 6.01. The highest BCUT2D eigenvalue weighted by Crippen LogP contribution is 2.17. The quantitative estimate of drug-likeness (QED) is 0.159. The second-order valence-electron chi connectivity index (χ2n) is 4.18. The van der Waals surface area contributed by atoms with Crippen molar-refractivity contribution >= 4 is 29.8 Å². The van der Waals surface area contributed by atoms with Crippen molar-refractivity contribution in [2.45, 2.75) is 32.2 Å². The molecule has 0 aliphatic heterocycles. The SMILES string of the molecule is COC(=O)[C@H](OC(C)=O)[C@H](OC(C)=O)[C@@H](OC(=O)O)C(CO)=NO. The summed E-state index contributed by atoms with van der Waals surface area (Å²) in [4.78, 5) is 45.0. The molecule has 0 aromatic carbocycles. The molecule has 0 amide bonds. The molecule has 0 aromatic rings. The predicted octanol–water partition coefficient (Wildman–Crippen LogP) is -1.09. The van der Waals surface area contributed by atoms with Gasteiger partial charge in [0, 0.05) is 13.8 Å². The topological polar surface area (TPSA) is 178 Å². The van der Waals surface area contributed by atoms with Crippen LogP contribution in [0.4, 0.5) is 4.79 Å². The van der Waals surface area contributed by atoms with Crippen molar-refractivity contribution in [2.75, 3.05) is 13.7 Å². The second kappa shape index (κ2) is 9.99. The van der Waals surface area contributed by atoms with E-state index in [1.807, 2.05) is 0 Å². The molecule has 0 radical (unpaired) electrons. The zero-order valence-electron chi connectivity index (χ0n) is 13.0. The summed E-state index contributed by atoms with van der Waals surface area (Å²) in [6.45, 7) is 0.836. The Kier molecular flexibility index (Phi) is 8.79. The standard InChI is InChI=1S/C12H17NO11/c1-5(15)22-9(10(11(17)21-3)23-6(2)16)8(24-12(18)19)7(4-14)13-20/h8-10,14,20H,4H2,1-3H3,(H,18,19)/t8-,9+,10+/m0/s1. The summed E-state index contributed by atoms with van der Waals surface area (Å²) in [6.07, 6.45) is -7.71. The van der Waals surface area contributed by atoms with Crippen molar-refractivity contribution in [3.63, 3.8) is 0 Å². The summed E-state index contributed by atoms with van der Waals surface area (Å²) in [6, 6.07) is 0. The number of nitrogens with zero attached hydrogens (tertiary/aromatic N) is 1. The number of aliphatic hydroxyl groups excluding tert-OH is 1. The van der Waals surface area contributed by atoms with Gasteiger partial charge in [-0.2, -0.15) is 0 Å². The molecular formula is C12H17NO11. The third-order valence-electron chi connectivity index (χ3n) is 2.47. The van der Waals surface area contributed by atoms with E-state index in [2.05, 4.69) is 19.4 Å². The second-order valence-corrected chi connectivity index (χ2v) is 4.18. The van der Waals surface area contributed by atoms with Gasteiger partial charge in [0.25, 0.3) is 0 Å². The first-order valence-corrected chi connectivity index (χ1v) is 6.31. The molecule has 12 nitrogen and oxygen atoms in total. The van der Waals surface area contributed by atoms with E-state index in [-0.39, 0.29) is 0 Å². The summed E-state index contributed by atoms with van der Waals surface area (Å²) in [5, 5.41) is 29.4. The van der Waals surface area contributed by atoms with E-state index in [1.165, 1.54) is 0 Å². The van der Waals surface area contributed by atoms with E-state index in [4.69, 9.17) is 20.2 Å². The average molecular weight is 351 g/mol. The van der Waals surface area contributed by atoms with E-state index < -0.39 is 54.7 Å². The number of ether oxygens (including phenoxy) is 4. The number of esters is 3. The molecule has 0 unspecified atom stereocenters. The van der Waals surface area contributed by atoms with Gasteiger partial charge in [0.1, 0.15) is 5.71 Å². The first-order chi connectivity index (χ1) is 11.2. The number of aliphatic hydroxyl groups is 1. The van der Waals surface area contributed by atoms with Crippen LogP contribution in [0.1, 0.15) is 13.8 Å². The van der Waals surface area contributed by atoms with Crippen LogP contribution in [0.2, 0.25) is 0 Å². The molecule has 0 aliphatic rings. The van der Waals surface area contributed by atoms with Crippen LogP contribution < -0.4 is 0 Å². The molecule has 136 valence electrons. The van der Waals surface area contributed by atoms with E-state index >= 15 is 0 Å². The van der Waals surface area contributed by atoms with Crippen molar-refractivity contribution in [2.24, 2.45) is 5.16 Å². The van der Waals surface area contributed by atoms with Gasteiger partial charge in [-0.3, -0.25) is 9.59 Å². The van der Waals surface area contributed by atoms with E-state index in [0.29, 0.717) is 0 Å². The summed E-state index contributed by atoms with van der Waals surface area (Å²) in [5.74, 6) is -3.19. The lowest BCUT2D eigenvalue weighted by Gasteiger charge is -2.29. The van der Waals surface area contributed by atoms with Crippen molar-refractivity contribution in [1.29, 1.82) is 0 Å². The molecule has 3 atom stereocenters. The minimum Gasteiger partial charge on any atom is -0.466 e. The Morgan fingerprint density at radius 3 is 1.88 bits per heavy atom. The smallest absolute Gasteiger partial charge is 0.466 e. The van der Waals surface area contributed by atoms with Crippen LogP contribution >= 0.6 is 0 Å². The summed E-state index contributed by atoms with van der Waals surface area (Å²) in [7, 11) is 0.934. The average Bonchev–Trinajstić information content (AvgIpc) is 2.49. The van der Waals surface area contributed by atoms with Crippen LogP contribution in [0.5, 0.6) is 0 Å². The number of hydrogen-bond donors (Lipinski definition) is 3. The third-order valence-corrected chi connectivity index (χ3v) is 2.47. The Labute approximate surface area is 135 Å². The number of hydrogen-bond acceptors (Lipinski definition) is 11. The van der Waals surface area contributed by atoms with Crippen LogP contribution in [0.15, 0.2) is 5.16 Å². The molecule has 12 heteroatoms. The molecular weight excluding hydrogens is 334 g/mol. The highest BCUT2D eigenvalue weighted by atomic mass is 16.7. The molecule has 0 bridgehead atoms. The van der Waals surface area contributed by atoms with Gasteiger partial charge in [0.2, 0.25) is 6.10 Å². The normalized spacial score (nSPS) is 14.8. The molecule has 0 heterocycles. The van der Waals surface area contributed by atoms with Crippen molar-refractivity contribution in [1.82, 2.24) is 0 Å². The molecule has 0 saturated heterocycles. The van der Waals surface area contributed by atoms with E-state index in [0.717, 1.165) is 21.0 Å². The van der Waals surface area contributed by atoms with Gasteiger partial charge in [-0.25, -0.2) is 9.59 Å². The molecule has 3 N–H and O–H groups in total. The largest absolute Gasteiger partial charge is 0.506 e. The fourth-order valence-corrected chi connectivity index (χ4v) is 1.63. The molecule has 24 heavy (non-hydrogen) atoms. The minimum absolute atomic E-state index is 0.704. The number of rotatable bonds is 8. The van der Waals surface area contributed by atoms with E-state index in [1.54, 1.807) is 0 Å². The van der Waals surface area contributed by atoms with Gasteiger partial charge in [-0.05, 0) is 0 Å². The Morgan fingerprint density at radius 1 is 1.00 bits per heavy atom. The number of carboxylic acid groups (broad SMARTS) is 1. The predicted molar refractivity (Wildman–Crippen MR) is 72.3 cm³/mol. The van der Waals surface area contributed by atoms with E-state index in [9.17, 15) is 19.2 Å². The molecule has 0 saturated carbocycles. The van der Waals surface area contributed by atoms with Crippen LogP contribution in [0, 0.1) is 0 Å². The molecule has 0 spiro atoms. The number of methoxy groups -OCH3 is 1. The van der Waals surface area contributed by atoms with Crippen LogP contribution in [-0.2, 0) is 33.3 Å². The first-order valence-electron chi connectivity index (χ1n) is 6.31. The van der Waals surface area contributed by atoms with Gasteiger partial charge >= 0.3 is 24.1 Å². The highest BCUT2D eigenvalue weighted by molar-refractivity contribution is 5.92.